The van der Waals surface area contributed by atoms with Crippen LogP contribution in [0.15, 0.2) is 24.3 Å². The minimum Gasteiger partial charge on any atom is -0.494 e. The van der Waals surface area contributed by atoms with Crippen LogP contribution in [0.3, 0.4) is 0 Å². The first kappa shape index (κ1) is 17.8. The lowest BCUT2D eigenvalue weighted by atomic mass is 9.68. The molecule has 0 aromatic heterocycles. The van der Waals surface area contributed by atoms with E-state index in [-0.39, 0.29) is 0 Å². The molecule has 1 nitrogen and oxygen atoms in total. The summed E-state index contributed by atoms with van der Waals surface area (Å²) in [5.74, 6) is 4.91. The summed E-state index contributed by atoms with van der Waals surface area (Å²) >= 11 is 0. The van der Waals surface area contributed by atoms with Gasteiger partial charge in [-0.05, 0) is 86.8 Å². The lowest BCUT2D eigenvalue weighted by molar-refractivity contribution is 0.156. The maximum Gasteiger partial charge on any atom is 0.119 e. The molecule has 3 rings (SSSR count). The Balaban J connectivity index is 1.45. The molecule has 0 amide bonds. The third-order valence-corrected chi connectivity index (χ3v) is 6.69. The van der Waals surface area contributed by atoms with Gasteiger partial charge in [-0.2, -0.15) is 0 Å². The molecule has 2 aliphatic carbocycles. The molecule has 0 N–H and O–H groups in total. The predicted molar refractivity (Wildman–Crippen MR) is 103 cm³/mol. The standard InChI is InChI=1S/C23H36O/c1-3-5-18-6-8-19(9-7-18)20-10-12-21(13-11-20)22-14-16-23(17-15-22)24-4-2/h14-21H,3-13H2,1-2H3/t18-,19-,20?,21?. The second-order valence-electron chi connectivity index (χ2n) is 8.18. The average molecular weight is 329 g/mol. The van der Waals surface area contributed by atoms with Gasteiger partial charge in [-0.3, -0.25) is 0 Å². The second-order valence-corrected chi connectivity index (χ2v) is 8.18. The van der Waals surface area contributed by atoms with Crippen LogP contribution in [0.4, 0.5) is 0 Å². The van der Waals surface area contributed by atoms with Gasteiger partial charge in [0.05, 0.1) is 6.61 Å². The zero-order valence-corrected chi connectivity index (χ0v) is 15.8. The molecule has 2 fully saturated rings. The topological polar surface area (TPSA) is 9.23 Å². The molecule has 0 heterocycles. The summed E-state index contributed by atoms with van der Waals surface area (Å²) < 4.78 is 5.57. The fourth-order valence-corrected chi connectivity index (χ4v) is 5.28. The third kappa shape index (κ3) is 4.55. The van der Waals surface area contributed by atoms with E-state index in [2.05, 4.69) is 31.2 Å². The van der Waals surface area contributed by atoms with Crippen molar-refractivity contribution in [1.82, 2.24) is 0 Å². The number of ether oxygens (including phenoxy) is 1. The monoisotopic (exact) mass is 328 g/mol. The van der Waals surface area contributed by atoms with Crippen molar-refractivity contribution in [3.63, 3.8) is 0 Å². The van der Waals surface area contributed by atoms with E-state index in [4.69, 9.17) is 4.74 Å². The van der Waals surface area contributed by atoms with Gasteiger partial charge in [-0.1, -0.05) is 44.7 Å². The molecule has 0 saturated heterocycles. The number of rotatable bonds is 6. The summed E-state index contributed by atoms with van der Waals surface area (Å²) in [6.07, 6.45) is 14.6. The average Bonchev–Trinajstić information content (AvgIpc) is 2.64. The van der Waals surface area contributed by atoms with Gasteiger partial charge in [0.2, 0.25) is 0 Å². The molecular weight excluding hydrogens is 292 g/mol. The number of hydrogen-bond acceptors (Lipinski definition) is 1. The highest BCUT2D eigenvalue weighted by atomic mass is 16.5. The maximum atomic E-state index is 5.57. The van der Waals surface area contributed by atoms with Gasteiger partial charge in [-0.25, -0.2) is 0 Å². The van der Waals surface area contributed by atoms with Crippen LogP contribution in [0.5, 0.6) is 5.75 Å². The highest BCUT2D eigenvalue weighted by Crippen LogP contribution is 2.44. The summed E-state index contributed by atoms with van der Waals surface area (Å²) in [7, 11) is 0. The first-order valence-electron chi connectivity index (χ1n) is 10.5. The molecule has 24 heavy (non-hydrogen) atoms. The zero-order chi connectivity index (χ0) is 16.8. The minimum absolute atomic E-state index is 0.755. The molecule has 0 atom stereocenters. The Kier molecular flexibility index (Phi) is 6.63. The van der Waals surface area contributed by atoms with E-state index in [1.165, 1.54) is 69.8 Å². The molecule has 1 aromatic carbocycles. The quantitative estimate of drug-likeness (QED) is 0.548. The molecule has 2 saturated carbocycles. The van der Waals surface area contributed by atoms with E-state index in [0.717, 1.165) is 36.0 Å². The summed E-state index contributed by atoms with van der Waals surface area (Å²) in [6.45, 7) is 5.14. The molecule has 0 bridgehead atoms. The normalized spacial score (nSPS) is 30.9. The number of hydrogen-bond donors (Lipinski definition) is 0. The highest BCUT2D eigenvalue weighted by Gasteiger charge is 2.31. The van der Waals surface area contributed by atoms with Crippen LogP contribution in [0.2, 0.25) is 0 Å². The van der Waals surface area contributed by atoms with Crippen molar-refractivity contribution in [1.29, 1.82) is 0 Å². The van der Waals surface area contributed by atoms with Crippen LogP contribution < -0.4 is 4.74 Å². The Hall–Kier alpha value is -0.980. The van der Waals surface area contributed by atoms with Gasteiger partial charge in [0.15, 0.2) is 0 Å². The van der Waals surface area contributed by atoms with E-state index in [0.29, 0.717) is 0 Å². The van der Waals surface area contributed by atoms with Crippen LogP contribution >= 0.6 is 0 Å². The van der Waals surface area contributed by atoms with Crippen LogP contribution in [-0.4, -0.2) is 6.61 Å². The molecule has 2 aliphatic rings. The van der Waals surface area contributed by atoms with Gasteiger partial charge >= 0.3 is 0 Å². The molecular formula is C23H36O. The zero-order valence-electron chi connectivity index (χ0n) is 15.8. The van der Waals surface area contributed by atoms with Crippen molar-refractivity contribution in [3.05, 3.63) is 29.8 Å². The first-order chi connectivity index (χ1) is 11.8. The van der Waals surface area contributed by atoms with Gasteiger partial charge in [-0.15, -0.1) is 0 Å². The molecule has 0 spiro atoms. The van der Waals surface area contributed by atoms with Crippen molar-refractivity contribution in [2.45, 2.75) is 84.0 Å². The van der Waals surface area contributed by atoms with Gasteiger partial charge in [0.1, 0.15) is 5.75 Å². The van der Waals surface area contributed by atoms with E-state index >= 15 is 0 Å². The van der Waals surface area contributed by atoms with E-state index in [9.17, 15) is 0 Å². The molecule has 1 aromatic rings. The fourth-order valence-electron chi connectivity index (χ4n) is 5.28. The van der Waals surface area contributed by atoms with Crippen molar-refractivity contribution >= 4 is 0 Å². The molecule has 0 unspecified atom stereocenters. The molecule has 134 valence electrons. The lowest BCUT2D eigenvalue weighted by Crippen LogP contribution is -2.25. The van der Waals surface area contributed by atoms with E-state index in [1.54, 1.807) is 0 Å². The maximum absolute atomic E-state index is 5.57. The van der Waals surface area contributed by atoms with Crippen molar-refractivity contribution in [2.24, 2.45) is 17.8 Å². The Morgan fingerprint density at radius 2 is 1.38 bits per heavy atom. The van der Waals surface area contributed by atoms with Crippen LogP contribution in [0.25, 0.3) is 0 Å². The van der Waals surface area contributed by atoms with E-state index in [1.807, 2.05) is 6.92 Å². The predicted octanol–water partition coefficient (Wildman–Crippen LogP) is 6.97. The molecule has 0 aliphatic heterocycles. The second kappa shape index (κ2) is 8.92. The van der Waals surface area contributed by atoms with Gasteiger partial charge in [0.25, 0.3) is 0 Å². The van der Waals surface area contributed by atoms with Crippen LogP contribution in [0.1, 0.15) is 89.5 Å². The molecule has 0 radical (unpaired) electrons. The summed E-state index contributed by atoms with van der Waals surface area (Å²) in [4.78, 5) is 0. The fraction of sp³-hybridized carbons (Fsp3) is 0.739. The molecule has 1 heteroatoms. The Morgan fingerprint density at radius 3 is 1.92 bits per heavy atom. The van der Waals surface area contributed by atoms with Gasteiger partial charge < -0.3 is 4.74 Å². The van der Waals surface area contributed by atoms with Crippen LogP contribution in [-0.2, 0) is 0 Å². The van der Waals surface area contributed by atoms with E-state index < -0.39 is 0 Å². The number of benzene rings is 1. The minimum atomic E-state index is 0.755. The first-order valence-corrected chi connectivity index (χ1v) is 10.5. The Bertz CT molecular complexity index is 461. The smallest absolute Gasteiger partial charge is 0.119 e. The highest BCUT2D eigenvalue weighted by molar-refractivity contribution is 5.29. The third-order valence-electron chi connectivity index (χ3n) is 6.69. The largest absolute Gasteiger partial charge is 0.494 e. The SMILES string of the molecule is CCC[C@H]1CC[C@H](C2CCC(c3ccc(OCC)cc3)CC2)CC1. The summed E-state index contributed by atoms with van der Waals surface area (Å²) in [5.41, 5.74) is 1.53. The van der Waals surface area contributed by atoms with Crippen LogP contribution in [0, 0.1) is 17.8 Å². The van der Waals surface area contributed by atoms with Gasteiger partial charge in [0, 0.05) is 0 Å². The van der Waals surface area contributed by atoms with Crippen molar-refractivity contribution in [3.8, 4) is 5.75 Å². The Labute approximate surface area is 149 Å². The summed E-state index contributed by atoms with van der Waals surface area (Å²) in [6, 6.07) is 8.90. The lowest BCUT2D eigenvalue weighted by Gasteiger charge is -2.38. The Morgan fingerprint density at radius 1 is 0.792 bits per heavy atom. The van der Waals surface area contributed by atoms with Crippen molar-refractivity contribution < 1.29 is 4.74 Å². The van der Waals surface area contributed by atoms with Crippen molar-refractivity contribution in [2.75, 3.05) is 6.61 Å². The summed E-state index contributed by atoms with van der Waals surface area (Å²) in [5, 5.41) is 0.